The zero-order valence-electron chi connectivity index (χ0n) is 17.7. The van der Waals surface area contributed by atoms with Gasteiger partial charge < -0.3 is 14.6 Å². The molecule has 35 heavy (non-hydrogen) atoms. The SMILES string of the molecule is O=C(O)c1cn(-c2ccc(F)cc2)c2c(F)c(N3Cc4cccc([N+](=O)[O-])c4C3)c(F)cc2c1=O. The van der Waals surface area contributed by atoms with Gasteiger partial charge in [0.2, 0.25) is 5.43 Å². The van der Waals surface area contributed by atoms with Crippen molar-refractivity contribution in [2.24, 2.45) is 0 Å². The van der Waals surface area contributed by atoms with Crippen LogP contribution in [0, 0.1) is 27.6 Å². The third-order valence-corrected chi connectivity index (χ3v) is 5.96. The lowest BCUT2D eigenvalue weighted by molar-refractivity contribution is -0.385. The molecule has 4 aromatic rings. The number of hydrogen-bond donors (Lipinski definition) is 1. The zero-order chi connectivity index (χ0) is 25.0. The molecular formula is C24H14F3N3O5. The van der Waals surface area contributed by atoms with Crippen LogP contribution in [0.4, 0.5) is 24.5 Å². The van der Waals surface area contributed by atoms with Crippen molar-refractivity contribution in [3.8, 4) is 5.69 Å². The number of carboxylic acid groups (broad SMARTS) is 1. The van der Waals surface area contributed by atoms with E-state index in [1.54, 1.807) is 6.07 Å². The van der Waals surface area contributed by atoms with Crippen molar-refractivity contribution in [2.45, 2.75) is 13.1 Å². The first-order valence-electron chi connectivity index (χ1n) is 10.2. The summed E-state index contributed by atoms with van der Waals surface area (Å²) >= 11 is 0. The Hall–Kier alpha value is -4.67. The zero-order valence-corrected chi connectivity index (χ0v) is 17.7. The van der Waals surface area contributed by atoms with E-state index in [2.05, 4.69) is 0 Å². The second-order valence-electron chi connectivity index (χ2n) is 7.97. The molecule has 0 saturated heterocycles. The molecule has 0 spiro atoms. The van der Waals surface area contributed by atoms with Crippen molar-refractivity contribution < 1.29 is 28.0 Å². The van der Waals surface area contributed by atoms with Gasteiger partial charge in [0.05, 0.1) is 27.9 Å². The Kier molecular flexibility index (Phi) is 5.04. The summed E-state index contributed by atoms with van der Waals surface area (Å²) < 4.78 is 45.8. The Morgan fingerprint density at radius 1 is 1.06 bits per heavy atom. The van der Waals surface area contributed by atoms with Crippen LogP contribution in [0.5, 0.6) is 0 Å². The number of rotatable bonds is 4. The first-order valence-corrected chi connectivity index (χ1v) is 10.2. The van der Waals surface area contributed by atoms with Crippen molar-refractivity contribution in [3.05, 3.63) is 109 Å². The van der Waals surface area contributed by atoms with E-state index >= 15 is 8.78 Å². The molecular weight excluding hydrogens is 467 g/mol. The number of aromatic nitrogens is 1. The number of benzene rings is 3. The molecule has 5 rings (SSSR count). The van der Waals surface area contributed by atoms with E-state index in [0.29, 0.717) is 11.1 Å². The number of halogens is 3. The minimum atomic E-state index is -1.60. The van der Waals surface area contributed by atoms with Gasteiger partial charge in [-0.25, -0.2) is 18.0 Å². The van der Waals surface area contributed by atoms with Crippen molar-refractivity contribution in [1.82, 2.24) is 4.57 Å². The predicted molar refractivity (Wildman–Crippen MR) is 119 cm³/mol. The molecule has 0 aliphatic carbocycles. The summed E-state index contributed by atoms with van der Waals surface area (Å²) in [5, 5.41) is 20.3. The summed E-state index contributed by atoms with van der Waals surface area (Å²) in [5.41, 5.74) is -1.96. The monoisotopic (exact) mass is 481 g/mol. The molecule has 1 N–H and O–H groups in total. The largest absolute Gasteiger partial charge is 0.477 e. The summed E-state index contributed by atoms with van der Waals surface area (Å²) in [7, 11) is 0. The second-order valence-corrected chi connectivity index (χ2v) is 7.97. The number of anilines is 1. The van der Waals surface area contributed by atoms with Crippen LogP contribution in [0.1, 0.15) is 21.5 Å². The van der Waals surface area contributed by atoms with Crippen LogP contribution >= 0.6 is 0 Å². The van der Waals surface area contributed by atoms with Crippen molar-refractivity contribution >= 4 is 28.2 Å². The first-order chi connectivity index (χ1) is 16.7. The maximum absolute atomic E-state index is 16.0. The lowest BCUT2D eigenvalue weighted by atomic mass is 10.1. The maximum atomic E-state index is 16.0. The molecule has 0 atom stereocenters. The fraction of sp³-hybridized carbons (Fsp3) is 0.0833. The number of carboxylic acids is 1. The van der Waals surface area contributed by atoms with Crippen LogP contribution in [0.3, 0.4) is 0 Å². The van der Waals surface area contributed by atoms with E-state index in [-0.39, 0.29) is 24.5 Å². The fourth-order valence-corrected chi connectivity index (χ4v) is 4.39. The summed E-state index contributed by atoms with van der Waals surface area (Å²) in [6.07, 6.45) is 0.897. The average molecular weight is 481 g/mol. The summed E-state index contributed by atoms with van der Waals surface area (Å²) in [6, 6.07) is 9.79. The topological polar surface area (TPSA) is 106 Å². The molecule has 8 nitrogen and oxygen atoms in total. The number of aromatic carboxylic acids is 1. The maximum Gasteiger partial charge on any atom is 0.341 e. The summed E-state index contributed by atoms with van der Waals surface area (Å²) in [6.45, 7) is -0.176. The summed E-state index contributed by atoms with van der Waals surface area (Å²) in [5.74, 6) is -4.48. The Morgan fingerprint density at radius 3 is 2.43 bits per heavy atom. The molecule has 11 heteroatoms. The van der Waals surface area contributed by atoms with Crippen molar-refractivity contribution in [1.29, 1.82) is 0 Å². The quantitative estimate of drug-likeness (QED) is 0.339. The molecule has 1 aromatic heterocycles. The van der Waals surface area contributed by atoms with Gasteiger partial charge in [-0.1, -0.05) is 12.1 Å². The molecule has 0 fully saturated rings. The molecule has 1 aliphatic heterocycles. The van der Waals surface area contributed by atoms with E-state index in [0.717, 1.165) is 29.0 Å². The van der Waals surface area contributed by atoms with E-state index in [9.17, 15) is 29.2 Å². The number of carbonyl (C=O) groups is 1. The Morgan fingerprint density at radius 2 is 1.77 bits per heavy atom. The van der Waals surface area contributed by atoms with Crippen molar-refractivity contribution in [2.75, 3.05) is 4.90 Å². The van der Waals surface area contributed by atoms with Gasteiger partial charge in [0.15, 0.2) is 5.82 Å². The number of nitro groups is 1. The van der Waals surface area contributed by atoms with E-state index in [1.807, 2.05) is 0 Å². The molecule has 3 aromatic carbocycles. The lowest BCUT2D eigenvalue weighted by Gasteiger charge is -2.22. The molecule has 0 unspecified atom stereocenters. The van der Waals surface area contributed by atoms with Gasteiger partial charge in [0.25, 0.3) is 5.69 Å². The van der Waals surface area contributed by atoms with Crippen LogP contribution in [0.25, 0.3) is 16.6 Å². The average Bonchev–Trinajstić information content (AvgIpc) is 3.23. The normalized spacial score (nSPS) is 12.7. The van der Waals surface area contributed by atoms with Crippen LogP contribution < -0.4 is 10.3 Å². The Bertz CT molecular complexity index is 1620. The van der Waals surface area contributed by atoms with E-state index in [4.69, 9.17) is 0 Å². The van der Waals surface area contributed by atoms with Gasteiger partial charge in [-0.15, -0.1) is 0 Å². The molecule has 1 aliphatic rings. The highest BCUT2D eigenvalue weighted by Gasteiger charge is 2.32. The molecule has 0 radical (unpaired) electrons. The first kappa shape index (κ1) is 22.1. The second kappa shape index (κ2) is 7.97. The van der Waals surface area contributed by atoms with Crippen LogP contribution in [-0.2, 0) is 13.1 Å². The molecule has 0 saturated carbocycles. The molecule has 0 amide bonds. The van der Waals surface area contributed by atoms with Crippen LogP contribution in [0.2, 0.25) is 0 Å². The van der Waals surface area contributed by atoms with Gasteiger partial charge in [0, 0.05) is 24.5 Å². The van der Waals surface area contributed by atoms with Crippen molar-refractivity contribution in [3.63, 3.8) is 0 Å². The van der Waals surface area contributed by atoms with E-state index < -0.39 is 55.9 Å². The number of fused-ring (bicyclic) bond motifs is 2. The predicted octanol–water partition coefficient (Wildman–Crippen LogP) is 4.53. The third kappa shape index (κ3) is 3.48. The van der Waals surface area contributed by atoms with E-state index in [1.165, 1.54) is 29.2 Å². The van der Waals surface area contributed by atoms with Gasteiger partial charge in [-0.3, -0.25) is 14.9 Å². The highest BCUT2D eigenvalue weighted by Crippen LogP contribution is 2.38. The lowest BCUT2D eigenvalue weighted by Crippen LogP contribution is -2.22. The fourth-order valence-electron chi connectivity index (χ4n) is 4.39. The standard InChI is InChI=1S/C24H14F3N3O5/c25-13-4-6-14(7-5-13)29-11-17(24(32)33)23(31)15-8-18(26)22(20(27)21(15)29)28-9-12-2-1-3-19(30(34)35)16(12)10-28/h1-8,11H,9-10H2,(H,32,33). The molecule has 0 bridgehead atoms. The minimum absolute atomic E-state index is 0.0235. The number of pyridine rings is 1. The van der Waals surface area contributed by atoms with Crippen LogP contribution in [0.15, 0.2) is 59.5 Å². The third-order valence-electron chi connectivity index (χ3n) is 5.96. The summed E-state index contributed by atoms with van der Waals surface area (Å²) in [4.78, 5) is 36.5. The highest BCUT2D eigenvalue weighted by atomic mass is 19.1. The molecule has 176 valence electrons. The highest BCUT2D eigenvalue weighted by molar-refractivity contribution is 5.94. The number of hydrogen-bond acceptors (Lipinski definition) is 5. The van der Waals surface area contributed by atoms with Gasteiger partial charge in [-0.2, -0.15) is 0 Å². The number of nitro benzene ring substituents is 1. The Balaban J connectivity index is 1.77. The van der Waals surface area contributed by atoms with Gasteiger partial charge >= 0.3 is 5.97 Å². The number of nitrogens with zero attached hydrogens (tertiary/aromatic N) is 3. The van der Waals surface area contributed by atoms with Gasteiger partial charge in [-0.05, 0) is 35.9 Å². The Labute approximate surface area is 194 Å². The van der Waals surface area contributed by atoms with Gasteiger partial charge in [0.1, 0.15) is 22.9 Å². The smallest absolute Gasteiger partial charge is 0.341 e. The minimum Gasteiger partial charge on any atom is -0.477 e. The molecule has 2 heterocycles. The van der Waals surface area contributed by atoms with Crippen LogP contribution in [-0.4, -0.2) is 20.6 Å².